The Labute approximate surface area is 142 Å². The lowest BCUT2D eigenvalue weighted by atomic mass is 10.1. The molecule has 0 saturated heterocycles. The lowest BCUT2D eigenvalue weighted by molar-refractivity contribution is 0.262. The number of aryl methyl sites for hydroxylation is 1. The molecule has 2 aromatic heterocycles. The van der Waals surface area contributed by atoms with E-state index in [0.29, 0.717) is 28.2 Å². The molecule has 3 aromatic rings. The molecule has 2 amide bonds. The summed E-state index contributed by atoms with van der Waals surface area (Å²) in [7, 11) is 0. The first-order valence-corrected chi connectivity index (χ1v) is 8.45. The fourth-order valence-corrected chi connectivity index (χ4v) is 3.24. The Morgan fingerprint density at radius 3 is 2.75 bits per heavy atom. The molecule has 1 fully saturated rings. The maximum Gasteiger partial charge on any atom is 0.325 e. The molecule has 2 N–H and O–H groups in total. The number of amides is 2. The highest BCUT2D eigenvalue weighted by Crippen LogP contribution is 2.42. The second-order valence-electron chi connectivity index (χ2n) is 5.63. The van der Waals surface area contributed by atoms with E-state index in [4.69, 9.17) is 4.52 Å². The quantitative estimate of drug-likeness (QED) is 0.747. The van der Waals surface area contributed by atoms with E-state index in [1.807, 2.05) is 30.3 Å². The number of anilines is 2. The number of carbonyl (C=O) groups is 1. The van der Waals surface area contributed by atoms with E-state index in [-0.39, 0.29) is 0 Å². The molecule has 0 aliphatic heterocycles. The van der Waals surface area contributed by atoms with Crippen molar-refractivity contribution in [3.05, 3.63) is 41.1 Å². The molecule has 7 nitrogen and oxygen atoms in total. The van der Waals surface area contributed by atoms with E-state index in [1.54, 1.807) is 6.92 Å². The van der Waals surface area contributed by atoms with Gasteiger partial charge >= 0.3 is 6.03 Å². The summed E-state index contributed by atoms with van der Waals surface area (Å²) in [5, 5.41) is 19.1. The summed E-state index contributed by atoms with van der Waals surface area (Å²) < 4.78 is 5.23. The number of nitrogens with zero attached hydrogens (tertiary/aromatic N) is 3. The van der Waals surface area contributed by atoms with Gasteiger partial charge in [0.15, 0.2) is 5.76 Å². The highest BCUT2D eigenvalue weighted by molar-refractivity contribution is 7.15. The number of urea groups is 1. The largest absolute Gasteiger partial charge is 0.359 e. The van der Waals surface area contributed by atoms with Gasteiger partial charge in [-0.3, -0.25) is 5.32 Å². The first-order valence-electron chi connectivity index (χ1n) is 7.64. The van der Waals surface area contributed by atoms with Crippen LogP contribution in [0, 0.1) is 6.92 Å². The topological polar surface area (TPSA) is 92.9 Å². The van der Waals surface area contributed by atoms with Crippen molar-refractivity contribution in [3.8, 4) is 11.3 Å². The van der Waals surface area contributed by atoms with Crippen molar-refractivity contribution >= 4 is 28.2 Å². The van der Waals surface area contributed by atoms with Crippen LogP contribution in [0.4, 0.5) is 15.6 Å². The van der Waals surface area contributed by atoms with Crippen molar-refractivity contribution in [3.63, 3.8) is 0 Å². The minimum atomic E-state index is -0.392. The van der Waals surface area contributed by atoms with Crippen LogP contribution < -0.4 is 10.6 Å². The molecule has 122 valence electrons. The number of nitrogens with one attached hydrogen (secondary N) is 2. The van der Waals surface area contributed by atoms with E-state index in [0.717, 1.165) is 23.4 Å². The Kier molecular flexibility index (Phi) is 3.73. The zero-order valence-corrected chi connectivity index (χ0v) is 13.8. The molecule has 0 atom stereocenters. The zero-order chi connectivity index (χ0) is 16.5. The maximum atomic E-state index is 12.3. The first-order chi connectivity index (χ1) is 11.7. The van der Waals surface area contributed by atoms with Crippen LogP contribution >= 0.6 is 11.3 Å². The van der Waals surface area contributed by atoms with Gasteiger partial charge in [0.05, 0.1) is 0 Å². The Hall–Kier alpha value is -2.74. The van der Waals surface area contributed by atoms with E-state index in [9.17, 15) is 4.79 Å². The van der Waals surface area contributed by atoms with Gasteiger partial charge in [-0.05, 0) is 19.8 Å². The first kappa shape index (κ1) is 14.8. The van der Waals surface area contributed by atoms with Crippen LogP contribution in [0.1, 0.15) is 29.5 Å². The predicted molar refractivity (Wildman–Crippen MR) is 91.2 cm³/mol. The summed E-state index contributed by atoms with van der Waals surface area (Å²) in [6.07, 6.45) is 2.31. The van der Waals surface area contributed by atoms with Gasteiger partial charge in [0.25, 0.3) is 0 Å². The van der Waals surface area contributed by atoms with Crippen LogP contribution in [0.3, 0.4) is 0 Å². The molecule has 4 rings (SSSR count). The second kappa shape index (κ2) is 6.04. The zero-order valence-electron chi connectivity index (χ0n) is 12.9. The van der Waals surface area contributed by atoms with Crippen molar-refractivity contribution in [2.45, 2.75) is 25.7 Å². The molecule has 1 aliphatic carbocycles. The Balaban J connectivity index is 1.50. The fraction of sp³-hybridized carbons (Fsp3) is 0.250. The average Bonchev–Trinajstić information content (AvgIpc) is 3.24. The highest BCUT2D eigenvalue weighted by Gasteiger charge is 2.28. The van der Waals surface area contributed by atoms with Crippen molar-refractivity contribution in [1.82, 2.24) is 15.4 Å². The van der Waals surface area contributed by atoms with E-state index < -0.39 is 6.03 Å². The molecular formula is C16H15N5O2S. The molecule has 1 aliphatic rings. The van der Waals surface area contributed by atoms with Crippen LogP contribution in [0.15, 0.2) is 34.9 Å². The van der Waals surface area contributed by atoms with Crippen LogP contribution in [-0.4, -0.2) is 21.4 Å². The molecule has 1 aromatic carbocycles. The predicted octanol–water partition coefficient (Wildman–Crippen LogP) is 4.02. The minimum Gasteiger partial charge on any atom is -0.359 e. The van der Waals surface area contributed by atoms with Gasteiger partial charge in [-0.1, -0.05) is 46.8 Å². The Morgan fingerprint density at radius 2 is 2.00 bits per heavy atom. The van der Waals surface area contributed by atoms with Gasteiger partial charge in [-0.2, -0.15) is 0 Å². The SMILES string of the molecule is Cc1onc(-c2ccccc2)c1NC(=O)Nc1nnc(C2CC2)s1. The molecule has 0 unspecified atom stereocenters. The van der Waals surface area contributed by atoms with E-state index >= 15 is 0 Å². The smallest absolute Gasteiger partial charge is 0.325 e. The van der Waals surface area contributed by atoms with Crippen LogP contribution in [0.5, 0.6) is 0 Å². The van der Waals surface area contributed by atoms with Gasteiger partial charge in [0.1, 0.15) is 16.4 Å². The van der Waals surface area contributed by atoms with E-state index in [2.05, 4.69) is 26.0 Å². The monoisotopic (exact) mass is 341 g/mol. The molecule has 24 heavy (non-hydrogen) atoms. The fourth-order valence-electron chi connectivity index (χ4n) is 2.33. The Bertz CT molecular complexity index is 870. The summed E-state index contributed by atoms with van der Waals surface area (Å²) in [6.45, 7) is 1.76. The Morgan fingerprint density at radius 1 is 1.21 bits per heavy atom. The summed E-state index contributed by atoms with van der Waals surface area (Å²) in [5.41, 5.74) is 2.02. The van der Waals surface area contributed by atoms with Crippen molar-refractivity contribution < 1.29 is 9.32 Å². The summed E-state index contributed by atoms with van der Waals surface area (Å²) in [5.74, 6) is 1.06. The molecular weight excluding hydrogens is 326 g/mol. The van der Waals surface area contributed by atoms with Gasteiger partial charge < -0.3 is 9.84 Å². The lowest BCUT2D eigenvalue weighted by Gasteiger charge is -2.05. The second-order valence-corrected chi connectivity index (χ2v) is 6.64. The molecule has 2 heterocycles. The molecule has 0 bridgehead atoms. The summed E-state index contributed by atoms with van der Waals surface area (Å²) >= 11 is 1.42. The van der Waals surface area contributed by atoms with E-state index in [1.165, 1.54) is 11.3 Å². The van der Waals surface area contributed by atoms with Gasteiger partial charge in [-0.15, -0.1) is 10.2 Å². The van der Waals surface area contributed by atoms with Crippen LogP contribution in [-0.2, 0) is 0 Å². The van der Waals surface area contributed by atoms with Gasteiger partial charge in [0.2, 0.25) is 5.13 Å². The average molecular weight is 341 g/mol. The van der Waals surface area contributed by atoms with Crippen molar-refractivity contribution in [2.75, 3.05) is 10.6 Å². The number of hydrogen-bond donors (Lipinski definition) is 2. The van der Waals surface area contributed by atoms with Crippen LogP contribution in [0.2, 0.25) is 0 Å². The number of carbonyl (C=O) groups excluding carboxylic acids is 1. The van der Waals surface area contributed by atoms with Crippen LogP contribution in [0.25, 0.3) is 11.3 Å². The maximum absolute atomic E-state index is 12.3. The number of aromatic nitrogens is 3. The summed E-state index contributed by atoms with van der Waals surface area (Å²) in [4.78, 5) is 12.3. The van der Waals surface area contributed by atoms with Gasteiger partial charge in [0, 0.05) is 11.5 Å². The number of hydrogen-bond acceptors (Lipinski definition) is 6. The standard InChI is InChI=1S/C16H15N5O2S/c1-9-12(13(21-23-9)10-5-3-2-4-6-10)17-15(22)18-16-20-19-14(24-16)11-7-8-11/h2-6,11H,7-8H2,1H3,(H2,17,18,20,22). The third-order valence-corrected chi connectivity index (χ3v) is 4.74. The molecule has 0 spiro atoms. The molecule has 0 radical (unpaired) electrons. The molecule has 8 heteroatoms. The summed E-state index contributed by atoms with van der Waals surface area (Å²) in [6, 6.07) is 9.16. The number of rotatable bonds is 4. The minimum absolute atomic E-state index is 0.392. The van der Waals surface area contributed by atoms with Crippen molar-refractivity contribution in [2.24, 2.45) is 0 Å². The normalized spacial score (nSPS) is 13.7. The number of benzene rings is 1. The third-order valence-electron chi connectivity index (χ3n) is 3.74. The third kappa shape index (κ3) is 3.00. The van der Waals surface area contributed by atoms with Gasteiger partial charge in [-0.25, -0.2) is 4.79 Å². The van der Waals surface area contributed by atoms with Crippen molar-refractivity contribution in [1.29, 1.82) is 0 Å². The molecule has 1 saturated carbocycles. The highest BCUT2D eigenvalue weighted by atomic mass is 32.1. The lowest BCUT2D eigenvalue weighted by Crippen LogP contribution is -2.19.